The van der Waals surface area contributed by atoms with Gasteiger partial charge >= 0.3 is 6.09 Å². The Labute approximate surface area is 125 Å². The number of aliphatic hydroxyl groups is 1. The Morgan fingerprint density at radius 1 is 1.29 bits per heavy atom. The van der Waals surface area contributed by atoms with Crippen molar-refractivity contribution in [2.45, 2.75) is 46.6 Å². The molecular formula is C16H24FNO3. The van der Waals surface area contributed by atoms with Crippen molar-refractivity contribution in [3.63, 3.8) is 0 Å². The van der Waals surface area contributed by atoms with Gasteiger partial charge in [-0.15, -0.1) is 0 Å². The summed E-state index contributed by atoms with van der Waals surface area (Å²) in [4.78, 5) is 11.6. The Hall–Kier alpha value is -1.62. The van der Waals surface area contributed by atoms with Gasteiger partial charge in [-0.05, 0) is 50.3 Å². The van der Waals surface area contributed by atoms with E-state index in [0.29, 0.717) is 17.7 Å². The lowest BCUT2D eigenvalue weighted by molar-refractivity contribution is 0.0636. The molecule has 0 aliphatic heterocycles. The second-order valence-corrected chi connectivity index (χ2v) is 6.93. The van der Waals surface area contributed by atoms with E-state index in [1.807, 2.05) is 13.8 Å². The Balaban J connectivity index is 2.77. The zero-order valence-corrected chi connectivity index (χ0v) is 13.3. The monoisotopic (exact) mass is 297 g/mol. The largest absolute Gasteiger partial charge is 0.444 e. The molecule has 0 aromatic heterocycles. The van der Waals surface area contributed by atoms with Gasteiger partial charge in [0.25, 0.3) is 0 Å². The van der Waals surface area contributed by atoms with Crippen LogP contribution in [0.1, 0.15) is 40.2 Å². The quantitative estimate of drug-likeness (QED) is 0.890. The first-order chi connectivity index (χ1) is 9.52. The molecule has 0 unspecified atom stereocenters. The van der Waals surface area contributed by atoms with Gasteiger partial charge in [0.15, 0.2) is 0 Å². The fraction of sp³-hybridized carbons (Fsp3) is 0.562. The summed E-state index contributed by atoms with van der Waals surface area (Å²) in [5.74, 6) is -0.412. The van der Waals surface area contributed by atoms with Gasteiger partial charge in [-0.2, -0.15) is 0 Å². The van der Waals surface area contributed by atoms with Crippen LogP contribution in [0.25, 0.3) is 0 Å². The molecule has 21 heavy (non-hydrogen) atoms. The molecule has 4 nitrogen and oxygen atoms in total. The van der Waals surface area contributed by atoms with Gasteiger partial charge in [-0.3, -0.25) is 5.32 Å². The van der Waals surface area contributed by atoms with E-state index in [9.17, 15) is 14.3 Å². The highest BCUT2D eigenvalue weighted by Gasteiger charge is 2.20. The van der Waals surface area contributed by atoms with Crippen molar-refractivity contribution in [2.75, 3.05) is 11.9 Å². The summed E-state index contributed by atoms with van der Waals surface area (Å²) in [6.45, 7) is 8.97. The van der Waals surface area contributed by atoms with Crippen LogP contribution >= 0.6 is 0 Å². The molecule has 1 amide bonds. The molecule has 1 rings (SSSR count). The first-order valence-corrected chi connectivity index (χ1v) is 6.92. The molecule has 0 spiro atoms. The highest BCUT2D eigenvalue weighted by atomic mass is 19.1. The molecular weight excluding hydrogens is 273 g/mol. The predicted molar refractivity (Wildman–Crippen MR) is 80.8 cm³/mol. The van der Waals surface area contributed by atoms with Gasteiger partial charge in [0.05, 0.1) is 0 Å². The van der Waals surface area contributed by atoms with E-state index < -0.39 is 17.5 Å². The number of anilines is 1. The lowest BCUT2D eigenvalue weighted by atomic mass is 9.86. The van der Waals surface area contributed by atoms with Crippen LogP contribution in [0.4, 0.5) is 14.9 Å². The molecule has 0 atom stereocenters. The number of rotatable bonds is 4. The van der Waals surface area contributed by atoms with Crippen molar-refractivity contribution < 1.29 is 19.0 Å². The molecule has 0 saturated heterocycles. The SMILES string of the molecule is CC(C)(CO)Cc1ccc(NC(=O)OC(C)(C)C)cc1F. The van der Waals surface area contributed by atoms with Crippen molar-refractivity contribution in [1.82, 2.24) is 0 Å². The van der Waals surface area contributed by atoms with Crippen LogP contribution in [0, 0.1) is 11.2 Å². The molecule has 0 aliphatic rings. The zero-order chi connectivity index (χ0) is 16.3. The number of nitrogens with one attached hydrogen (secondary N) is 1. The third kappa shape index (κ3) is 6.12. The van der Waals surface area contributed by atoms with E-state index in [0.717, 1.165) is 0 Å². The number of amides is 1. The molecule has 0 heterocycles. The number of hydrogen-bond donors (Lipinski definition) is 2. The fourth-order valence-electron chi connectivity index (χ4n) is 1.76. The molecule has 2 N–H and O–H groups in total. The number of ether oxygens (including phenoxy) is 1. The summed E-state index contributed by atoms with van der Waals surface area (Å²) in [5, 5.41) is 11.7. The van der Waals surface area contributed by atoms with Crippen LogP contribution in [0.3, 0.4) is 0 Å². The summed E-state index contributed by atoms with van der Waals surface area (Å²) in [5.41, 5.74) is -0.148. The van der Waals surface area contributed by atoms with Crippen molar-refractivity contribution in [1.29, 1.82) is 0 Å². The van der Waals surface area contributed by atoms with Gasteiger partial charge in [0.1, 0.15) is 11.4 Å². The molecule has 0 aliphatic carbocycles. The first-order valence-electron chi connectivity index (χ1n) is 6.92. The van der Waals surface area contributed by atoms with E-state index in [-0.39, 0.29) is 12.0 Å². The van der Waals surface area contributed by atoms with Crippen molar-refractivity contribution in [3.05, 3.63) is 29.6 Å². The Bertz CT molecular complexity index is 507. The van der Waals surface area contributed by atoms with Crippen molar-refractivity contribution >= 4 is 11.8 Å². The molecule has 1 aromatic rings. The highest BCUT2D eigenvalue weighted by Crippen LogP contribution is 2.24. The standard InChI is InChI=1S/C16H24FNO3/c1-15(2,3)21-14(20)18-12-7-6-11(13(17)8-12)9-16(4,5)10-19/h6-8,19H,9-10H2,1-5H3,(H,18,20). The average molecular weight is 297 g/mol. The van der Waals surface area contributed by atoms with Gasteiger partial charge in [-0.1, -0.05) is 19.9 Å². The molecule has 5 heteroatoms. The maximum Gasteiger partial charge on any atom is 0.412 e. The summed E-state index contributed by atoms with van der Waals surface area (Å²) in [7, 11) is 0. The van der Waals surface area contributed by atoms with Crippen LogP contribution in [0.5, 0.6) is 0 Å². The zero-order valence-electron chi connectivity index (χ0n) is 13.3. The van der Waals surface area contributed by atoms with E-state index in [2.05, 4.69) is 5.32 Å². The fourth-order valence-corrected chi connectivity index (χ4v) is 1.76. The molecule has 0 saturated carbocycles. The van der Waals surface area contributed by atoms with Crippen LogP contribution in [-0.2, 0) is 11.2 Å². The predicted octanol–water partition coefficient (Wildman–Crippen LogP) is 3.73. The number of halogens is 1. The number of aliphatic hydroxyl groups excluding tert-OH is 1. The second kappa shape index (κ2) is 6.43. The normalized spacial score (nSPS) is 12.1. The summed E-state index contributed by atoms with van der Waals surface area (Å²) < 4.78 is 19.1. The number of carbonyl (C=O) groups is 1. The molecule has 0 radical (unpaired) electrons. The summed E-state index contributed by atoms with van der Waals surface area (Å²) in [6, 6.07) is 4.49. The smallest absolute Gasteiger partial charge is 0.412 e. The van der Waals surface area contributed by atoms with Crippen LogP contribution in [0.15, 0.2) is 18.2 Å². The Morgan fingerprint density at radius 2 is 1.90 bits per heavy atom. The highest BCUT2D eigenvalue weighted by molar-refractivity contribution is 5.84. The van der Waals surface area contributed by atoms with Crippen molar-refractivity contribution in [2.24, 2.45) is 5.41 Å². The van der Waals surface area contributed by atoms with Gasteiger partial charge in [0, 0.05) is 12.3 Å². The van der Waals surface area contributed by atoms with E-state index in [1.165, 1.54) is 6.07 Å². The topological polar surface area (TPSA) is 58.6 Å². The van der Waals surface area contributed by atoms with Crippen LogP contribution in [-0.4, -0.2) is 23.4 Å². The van der Waals surface area contributed by atoms with Gasteiger partial charge in [-0.25, -0.2) is 9.18 Å². The Kier molecular flexibility index (Phi) is 5.34. The lowest BCUT2D eigenvalue weighted by Gasteiger charge is -2.22. The number of hydrogen-bond acceptors (Lipinski definition) is 3. The van der Waals surface area contributed by atoms with Gasteiger partial charge < -0.3 is 9.84 Å². The maximum absolute atomic E-state index is 14.0. The van der Waals surface area contributed by atoms with Gasteiger partial charge in [0.2, 0.25) is 0 Å². The van der Waals surface area contributed by atoms with Crippen LogP contribution in [0.2, 0.25) is 0 Å². The first kappa shape index (κ1) is 17.4. The van der Waals surface area contributed by atoms with E-state index >= 15 is 0 Å². The average Bonchev–Trinajstić information content (AvgIpc) is 2.30. The molecule has 1 aromatic carbocycles. The second-order valence-electron chi connectivity index (χ2n) is 6.93. The minimum atomic E-state index is -0.620. The lowest BCUT2D eigenvalue weighted by Crippen LogP contribution is -2.27. The minimum Gasteiger partial charge on any atom is -0.444 e. The molecule has 0 fully saturated rings. The molecule has 118 valence electrons. The van der Waals surface area contributed by atoms with E-state index in [1.54, 1.807) is 32.9 Å². The van der Waals surface area contributed by atoms with Crippen LogP contribution < -0.4 is 5.32 Å². The number of carbonyl (C=O) groups excluding carboxylic acids is 1. The summed E-state index contributed by atoms with van der Waals surface area (Å²) >= 11 is 0. The third-order valence-electron chi connectivity index (χ3n) is 2.80. The van der Waals surface area contributed by atoms with E-state index in [4.69, 9.17) is 4.74 Å². The maximum atomic E-state index is 14.0. The Morgan fingerprint density at radius 3 is 2.38 bits per heavy atom. The minimum absolute atomic E-state index is 0.0235. The molecule has 0 bridgehead atoms. The summed E-state index contributed by atoms with van der Waals surface area (Å²) in [6.07, 6.45) is -0.201. The van der Waals surface area contributed by atoms with Crippen molar-refractivity contribution in [3.8, 4) is 0 Å². The number of benzene rings is 1. The third-order valence-corrected chi connectivity index (χ3v) is 2.80.